The van der Waals surface area contributed by atoms with Gasteiger partial charge in [-0.3, -0.25) is 0 Å². The summed E-state index contributed by atoms with van der Waals surface area (Å²) in [6, 6.07) is 11.0. The van der Waals surface area contributed by atoms with Gasteiger partial charge in [0, 0.05) is 48.6 Å². The summed E-state index contributed by atoms with van der Waals surface area (Å²) in [5.41, 5.74) is 2.71. The van der Waals surface area contributed by atoms with Crippen molar-refractivity contribution in [1.29, 1.82) is 0 Å². The number of anilines is 2. The van der Waals surface area contributed by atoms with Crippen LogP contribution < -0.4 is 10.2 Å². The summed E-state index contributed by atoms with van der Waals surface area (Å²) in [6.45, 7) is 8.47. The predicted octanol–water partition coefficient (Wildman–Crippen LogP) is 3.60. The average Bonchev–Trinajstić information content (AvgIpc) is 3.07. The fraction of sp³-hybridized carbons (Fsp3) is 0.333. The van der Waals surface area contributed by atoms with E-state index in [1.165, 1.54) is 0 Å². The van der Waals surface area contributed by atoms with E-state index < -0.39 is 0 Å². The fourth-order valence-electron chi connectivity index (χ4n) is 3.54. The van der Waals surface area contributed by atoms with Crippen LogP contribution in [-0.2, 0) is 0 Å². The minimum Gasteiger partial charge on any atom is -0.353 e. The molecule has 4 rings (SSSR count). The second-order valence-electron chi connectivity index (χ2n) is 7.38. The number of carbonyl (C=O) groups is 1. The average molecular weight is 426 g/mol. The highest BCUT2D eigenvalue weighted by atomic mass is 35.5. The lowest BCUT2D eigenvalue weighted by Crippen LogP contribution is -2.50. The van der Waals surface area contributed by atoms with Gasteiger partial charge < -0.3 is 15.1 Å². The Morgan fingerprint density at radius 2 is 1.63 bits per heavy atom. The number of aromatic nitrogens is 4. The van der Waals surface area contributed by atoms with Crippen LogP contribution >= 0.6 is 11.6 Å². The van der Waals surface area contributed by atoms with Gasteiger partial charge in [0.1, 0.15) is 11.6 Å². The Morgan fingerprint density at radius 3 is 2.27 bits per heavy atom. The molecule has 8 nitrogen and oxygen atoms in total. The molecule has 0 atom stereocenters. The molecule has 9 heteroatoms. The van der Waals surface area contributed by atoms with E-state index in [0.717, 1.165) is 28.7 Å². The summed E-state index contributed by atoms with van der Waals surface area (Å²) < 4.78 is 1.84. The molecule has 1 saturated heterocycles. The van der Waals surface area contributed by atoms with Gasteiger partial charge >= 0.3 is 6.03 Å². The van der Waals surface area contributed by atoms with Gasteiger partial charge in [-0.2, -0.15) is 5.10 Å². The van der Waals surface area contributed by atoms with Gasteiger partial charge in [0.2, 0.25) is 0 Å². The highest BCUT2D eigenvalue weighted by Crippen LogP contribution is 2.19. The van der Waals surface area contributed by atoms with E-state index in [1.807, 2.05) is 37.6 Å². The molecule has 3 heterocycles. The van der Waals surface area contributed by atoms with Crippen molar-refractivity contribution in [3.63, 3.8) is 0 Å². The van der Waals surface area contributed by atoms with Crippen molar-refractivity contribution in [2.24, 2.45) is 0 Å². The van der Waals surface area contributed by atoms with Crippen molar-refractivity contribution in [1.82, 2.24) is 24.6 Å². The number of nitrogens with zero attached hydrogens (tertiary/aromatic N) is 6. The summed E-state index contributed by atoms with van der Waals surface area (Å²) in [5, 5.41) is 8.08. The molecule has 1 N–H and O–H groups in total. The summed E-state index contributed by atoms with van der Waals surface area (Å²) in [6.07, 6.45) is 0. The number of benzene rings is 1. The molecule has 0 saturated carbocycles. The second-order valence-corrected chi connectivity index (χ2v) is 7.82. The summed E-state index contributed by atoms with van der Waals surface area (Å²) in [5.74, 6) is 2.30. The topological polar surface area (TPSA) is 79.2 Å². The molecular weight excluding hydrogens is 402 g/mol. The lowest BCUT2D eigenvalue weighted by atomic mass is 10.3. The van der Waals surface area contributed by atoms with Crippen molar-refractivity contribution < 1.29 is 4.79 Å². The lowest BCUT2D eigenvalue weighted by molar-refractivity contribution is 0.208. The minimum atomic E-state index is -0.112. The maximum atomic E-state index is 12.6. The van der Waals surface area contributed by atoms with E-state index in [9.17, 15) is 4.79 Å². The van der Waals surface area contributed by atoms with Crippen molar-refractivity contribution in [3.05, 3.63) is 58.6 Å². The molecule has 0 unspecified atom stereocenters. The van der Waals surface area contributed by atoms with Crippen LogP contribution in [0.2, 0.25) is 5.02 Å². The largest absolute Gasteiger partial charge is 0.353 e. The standard InChI is InChI=1S/C21H24ClN7O/c1-14-12-15(2)29(26-14)20-13-19(23-16(3)24-20)27-8-10-28(11-9-27)21(30)25-18-6-4-17(22)5-7-18/h4-7,12-13H,8-11H2,1-3H3,(H,25,30). The first-order chi connectivity index (χ1) is 14.4. The molecule has 1 aliphatic heterocycles. The molecule has 30 heavy (non-hydrogen) atoms. The van der Waals surface area contributed by atoms with Gasteiger partial charge in [0.05, 0.1) is 5.69 Å². The maximum Gasteiger partial charge on any atom is 0.321 e. The third-order valence-electron chi connectivity index (χ3n) is 5.02. The molecule has 2 amide bonds. The Kier molecular flexibility index (Phi) is 5.59. The third-order valence-corrected chi connectivity index (χ3v) is 5.28. The van der Waals surface area contributed by atoms with Crippen LogP contribution in [0.1, 0.15) is 17.2 Å². The Bertz CT molecular complexity index is 1060. The van der Waals surface area contributed by atoms with Crippen LogP contribution in [0.4, 0.5) is 16.3 Å². The highest BCUT2D eigenvalue weighted by molar-refractivity contribution is 6.30. The molecule has 0 bridgehead atoms. The van der Waals surface area contributed by atoms with Gasteiger partial charge in [0.25, 0.3) is 0 Å². The molecule has 3 aromatic rings. The van der Waals surface area contributed by atoms with Crippen LogP contribution in [-0.4, -0.2) is 56.9 Å². The van der Waals surface area contributed by atoms with Gasteiger partial charge in [-0.15, -0.1) is 0 Å². The first-order valence-electron chi connectivity index (χ1n) is 9.85. The Hall–Kier alpha value is -3.13. The summed E-state index contributed by atoms with van der Waals surface area (Å²) in [4.78, 5) is 25.7. The van der Waals surface area contributed by atoms with Crippen LogP contribution in [0.25, 0.3) is 5.82 Å². The van der Waals surface area contributed by atoms with Gasteiger partial charge in [0.15, 0.2) is 5.82 Å². The highest BCUT2D eigenvalue weighted by Gasteiger charge is 2.23. The molecule has 0 spiro atoms. The molecule has 1 fully saturated rings. The minimum absolute atomic E-state index is 0.112. The quantitative estimate of drug-likeness (QED) is 0.693. The molecule has 1 aliphatic rings. The third kappa shape index (κ3) is 4.38. The van der Waals surface area contributed by atoms with E-state index in [1.54, 1.807) is 29.2 Å². The number of amides is 2. The second kappa shape index (κ2) is 8.31. The van der Waals surface area contributed by atoms with E-state index >= 15 is 0 Å². The smallest absolute Gasteiger partial charge is 0.321 e. The number of urea groups is 1. The van der Waals surface area contributed by atoms with Crippen LogP contribution in [0, 0.1) is 20.8 Å². The molecule has 0 radical (unpaired) electrons. The summed E-state index contributed by atoms with van der Waals surface area (Å²) in [7, 11) is 0. The molecule has 2 aromatic heterocycles. The Labute approximate surface area is 180 Å². The number of halogens is 1. The predicted molar refractivity (Wildman–Crippen MR) is 118 cm³/mol. The maximum absolute atomic E-state index is 12.6. The number of hydrogen-bond donors (Lipinski definition) is 1. The van der Waals surface area contributed by atoms with Gasteiger partial charge in [-0.1, -0.05) is 11.6 Å². The van der Waals surface area contributed by atoms with Crippen LogP contribution in [0.3, 0.4) is 0 Å². The molecule has 156 valence electrons. The van der Waals surface area contributed by atoms with Crippen molar-refractivity contribution in [2.75, 3.05) is 36.4 Å². The van der Waals surface area contributed by atoms with E-state index in [0.29, 0.717) is 37.0 Å². The molecule has 0 aliphatic carbocycles. The summed E-state index contributed by atoms with van der Waals surface area (Å²) >= 11 is 5.90. The zero-order chi connectivity index (χ0) is 21.3. The van der Waals surface area contributed by atoms with E-state index in [4.69, 9.17) is 11.6 Å². The normalized spacial score (nSPS) is 14.1. The zero-order valence-corrected chi connectivity index (χ0v) is 18.0. The van der Waals surface area contributed by atoms with Crippen molar-refractivity contribution >= 4 is 29.1 Å². The van der Waals surface area contributed by atoms with Gasteiger partial charge in [-0.05, 0) is 51.1 Å². The zero-order valence-electron chi connectivity index (χ0n) is 17.3. The fourth-order valence-corrected chi connectivity index (χ4v) is 3.67. The first-order valence-corrected chi connectivity index (χ1v) is 10.2. The van der Waals surface area contributed by atoms with Gasteiger partial charge in [-0.25, -0.2) is 19.4 Å². The van der Waals surface area contributed by atoms with Crippen molar-refractivity contribution in [2.45, 2.75) is 20.8 Å². The Morgan fingerprint density at radius 1 is 0.967 bits per heavy atom. The monoisotopic (exact) mass is 425 g/mol. The number of rotatable bonds is 3. The molecular formula is C21H24ClN7O. The molecule has 1 aromatic carbocycles. The number of nitrogens with one attached hydrogen (secondary N) is 1. The number of aryl methyl sites for hydroxylation is 3. The van der Waals surface area contributed by atoms with Crippen LogP contribution in [0.15, 0.2) is 36.4 Å². The number of carbonyl (C=O) groups excluding carboxylic acids is 1. The Balaban J connectivity index is 1.43. The number of piperazine rings is 1. The first kappa shape index (κ1) is 20.2. The number of hydrogen-bond acceptors (Lipinski definition) is 5. The SMILES string of the molecule is Cc1cc(C)n(-c2cc(N3CCN(C(=O)Nc4ccc(Cl)cc4)CC3)nc(C)n2)n1. The van der Waals surface area contributed by atoms with E-state index in [-0.39, 0.29) is 6.03 Å². The van der Waals surface area contributed by atoms with E-state index in [2.05, 4.69) is 25.3 Å². The lowest BCUT2D eigenvalue weighted by Gasteiger charge is -2.35. The van der Waals surface area contributed by atoms with Crippen LogP contribution in [0.5, 0.6) is 0 Å². The van der Waals surface area contributed by atoms with Crippen molar-refractivity contribution in [3.8, 4) is 5.82 Å².